The molecule has 0 unspecified atom stereocenters. The van der Waals surface area contributed by atoms with Crippen LogP contribution in [0.1, 0.15) is 29.7 Å². The van der Waals surface area contributed by atoms with Crippen molar-refractivity contribution in [2.24, 2.45) is 26.1 Å². The van der Waals surface area contributed by atoms with Gasteiger partial charge in [-0.25, -0.2) is 27.0 Å². The lowest BCUT2D eigenvalue weighted by Gasteiger charge is -2.21. The van der Waals surface area contributed by atoms with Gasteiger partial charge < -0.3 is 5.73 Å². The molecule has 164 valence electrons. The maximum Gasteiger partial charge on any atom is 0.240 e. The van der Waals surface area contributed by atoms with Crippen LogP contribution in [-0.2, 0) is 32.7 Å². The SMILES string of the molecule is NCCS(=O)(=O)c1ccc(-c2ccnc3c2CCCC3)c(C2=NCN=N2)c1S(N)(=O)=O. The third-order valence-corrected chi connectivity index (χ3v) is 8.23. The summed E-state index contributed by atoms with van der Waals surface area (Å²) >= 11 is 0. The topological polar surface area (TPSA) is 170 Å². The zero-order chi connectivity index (χ0) is 22.2. The standard InChI is InChI=1S/C19H22N6O4S2/c20-8-10-30(26,27)16-6-5-14(12-7-9-22-15-4-2-1-3-13(12)15)17(18(16)31(21,28)29)19-23-11-24-25-19/h5-7,9H,1-4,8,10-11,20H2,(H2,21,28,29). The number of primary sulfonamides is 1. The molecule has 1 aliphatic heterocycles. The van der Waals surface area contributed by atoms with Crippen molar-refractivity contribution in [2.75, 3.05) is 19.0 Å². The second-order valence-corrected chi connectivity index (χ2v) is 10.9. The van der Waals surface area contributed by atoms with E-state index in [4.69, 9.17) is 10.9 Å². The Morgan fingerprint density at radius 1 is 1.00 bits per heavy atom. The second kappa shape index (κ2) is 8.19. The van der Waals surface area contributed by atoms with Crippen molar-refractivity contribution in [1.29, 1.82) is 0 Å². The maximum atomic E-state index is 12.8. The van der Waals surface area contributed by atoms with Crippen molar-refractivity contribution in [3.63, 3.8) is 0 Å². The fraction of sp³-hybridized carbons (Fsp3) is 0.368. The number of benzene rings is 1. The number of sulfone groups is 1. The highest BCUT2D eigenvalue weighted by Gasteiger charge is 2.33. The Bertz CT molecular complexity index is 1320. The fourth-order valence-electron chi connectivity index (χ4n) is 4.04. The summed E-state index contributed by atoms with van der Waals surface area (Å²) in [5.41, 5.74) is 8.68. The van der Waals surface area contributed by atoms with Crippen LogP contribution in [0.15, 0.2) is 49.4 Å². The van der Waals surface area contributed by atoms with Gasteiger partial charge in [0, 0.05) is 24.0 Å². The number of azo groups is 1. The van der Waals surface area contributed by atoms with Gasteiger partial charge in [-0.05, 0) is 54.5 Å². The van der Waals surface area contributed by atoms with Crippen molar-refractivity contribution in [3.8, 4) is 11.1 Å². The van der Waals surface area contributed by atoms with Crippen LogP contribution in [0.25, 0.3) is 11.1 Å². The fourth-order valence-corrected chi connectivity index (χ4v) is 6.79. The molecular weight excluding hydrogens is 440 g/mol. The van der Waals surface area contributed by atoms with E-state index in [1.54, 1.807) is 18.3 Å². The van der Waals surface area contributed by atoms with Crippen LogP contribution in [0.3, 0.4) is 0 Å². The zero-order valence-corrected chi connectivity index (χ0v) is 18.3. The molecule has 0 amide bonds. The van der Waals surface area contributed by atoms with Gasteiger partial charge in [0.2, 0.25) is 10.0 Å². The van der Waals surface area contributed by atoms with E-state index in [1.165, 1.54) is 6.07 Å². The monoisotopic (exact) mass is 462 g/mol. The summed E-state index contributed by atoms with van der Waals surface area (Å²) in [7, 11) is -8.49. The van der Waals surface area contributed by atoms with Crippen LogP contribution in [0.5, 0.6) is 0 Å². The molecule has 4 rings (SSSR count). The maximum absolute atomic E-state index is 12.8. The predicted octanol–water partition coefficient (Wildman–Crippen LogP) is 1.18. The summed E-state index contributed by atoms with van der Waals surface area (Å²) in [5.74, 6) is -0.391. The first-order valence-electron chi connectivity index (χ1n) is 9.76. The molecule has 31 heavy (non-hydrogen) atoms. The minimum atomic E-state index is -4.47. The molecule has 0 spiro atoms. The first kappa shape index (κ1) is 21.7. The van der Waals surface area contributed by atoms with Gasteiger partial charge >= 0.3 is 0 Å². The number of hydrogen-bond donors (Lipinski definition) is 2. The van der Waals surface area contributed by atoms with Gasteiger partial charge in [-0.15, -0.1) is 5.11 Å². The van der Waals surface area contributed by atoms with E-state index >= 15 is 0 Å². The number of aliphatic imine (C=N–C) groups is 1. The lowest BCUT2D eigenvalue weighted by atomic mass is 9.87. The number of aromatic nitrogens is 1. The average Bonchev–Trinajstić information content (AvgIpc) is 3.26. The van der Waals surface area contributed by atoms with E-state index in [9.17, 15) is 16.8 Å². The lowest BCUT2D eigenvalue weighted by molar-refractivity contribution is 0.583. The van der Waals surface area contributed by atoms with Crippen molar-refractivity contribution in [3.05, 3.63) is 41.2 Å². The van der Waals surface area contributed by atoms with Crippen molar-refractivity contribution < 1.29 is 16.8 Å². The normalized spacial score (nSPS) is 16.3. The van der Waals surface area contributed by atoms with Crippen LogP contribution in [0.4, 0.5) is 0 Å². The third-order valence-electron chi connectivity index (χ3n) is 5.33. The molecule has 2 aliphatic rings. The van der Waals surface area contributed by atoms with Gasteiger partial charge in [0.1, 0.15) is 4.90 Å². The number of nitrogens with zero attached hydrogens (tertiary/aromatic N) is 4. The number of aryl methyl sites for hydroxylation is 1. The summed E-state index contributed by atoms with van der Waals surface area (Å²) < 4.78 is 51.1. The number of pyridine rings is 1. The zero-order valence-electron chi connectivity index (χ0n) is 16.7. The van der Waals surface area contributed by atoms with E-state index in [0.717, 1.165) is 42.5 Å². The Hall–Kier alpha value is -2.54. The Labute approximate surface area is 180 Å². The number of hydrogen-bond acceptors (Lipinski definition) is 9. The highest BCUT2D eigenvalue weighted by Crippen LogP contribution is 2.38. The van der Waals surface area contributed by atoms with E-state index in [-0.39, 0.29) is 24.6 Å². The smallest absolute Gasteiger partial charge is 0.240 e. The molecule has 0 radical (unpaired) electrons. The van der Waals surface area contributed by atoms with E-state index in [0.29, 0.717) is 5.56 Å². The van der Waals surface area contributed by atoms with Gasteiger partial charge in [0.25, 0.3) is 0 Å². The Morgan fingerprint density at radius 2 is 1.77 bits per heavy atom. The lowest BCUT2D eigenvalue weighted by Crippen LogP contribution is -2.24. The largest absolute Gasteiger partial charge is 0.329 e. The summed E-state index contributed by atoms with van der Waals surface area (Å²) in [6.45, 7) is -0.144. The van der Waals surface area contributed by atoms with Gasteiger partial charge in [-0.1, -0.05) is 6.07 Å². The van der Waals surface area contributed by atoms with Crippen molar-refractivity contribution >= 4 is 25.7 Å². The summed E-state index contributed by atoms with van der Waals surface area (Å²) in [5, 5.41) is 13.3. The molecule has 0 atom stereocenters. The number of nitrogens with two attached hydrogens (primary N) is 2. The molecule has 0 saturated heterocycles. The van der Waals surface area contributed by atoms with E-state index in [1.807, 2.05) is 0 Å². The molecule has 0 saturated carbocycles. The van der Waals surface area contributed by atoms with Crippen molar-refractivity contribution in [1.82, 2.24) is 4.98 Å². The summed E-state index contributed by atoms with van der Waals surface area (Å²) in [6, 6.07) is 4.64. The number of sulfonamides is 1. The Balaban J connectivity index is 2.11. The Morgan fingerprint density at radius 3 is 2.45 bits per heavy atom. The first-order valence-corrected chi connectivity index (χ1v) is 13.0. The van der Waals surface area contributed by atoms with Crippen LogP contribution < -0.4 is 10.9 Å². The number of fused-ring (bicyclic) bond motifs is 1. The predicted molar refractivity (Wildman–Crippen MR) is 115 cm³/mol. The highest BCUT2D eigenvalue weighted by molar-refractivity contribution is 7.93. The van der Waals surface area contributed by atoms with Crippen LogP contribution in [0.2, 0.25) is 0 Å². The van der Waals surface area contributed by atoms with Crippen LogP contribution in [-0.4, -0.2) is 46.6 Å². The number of rotatable bonds is 6. The molecule has 2 heterocycles. The minimum absolute atomic E-state index is 0.0209. The highest BCUT2D eigenvalue weighted by atomic mass is 32.2. The van der Waals surface area contributed by atoms with Gasteiger partial charge in [-0.2, -0.15) is 5.11 Å². The van der Waals surface area contributed by atoms with E-state index in [2.05, 4.69) is 20.2 Å². The first-order chi connectivity index (χ1) is 14.7. The summed E-state index contributed by atoms with van der Waals surface area (Å²) in [4.78, 5) is 7.70. The molecule has 1 aromatic carbocycles. The second-order valence-electron chi connectivity index (χ2n) is 7.32. The van der Waals surface area contributed by atoms with E-state index < -0.39 is 35.4 Å². The minimum Gasteiger partial charge on any atom is -0.329 e. The summed E-state index contributed by atoms with van der Waals surface area (Å²) in [6.07, 6.45) is 5.27. The molecule has 1 aromatic heterocycles. The van der Waals surface area contributed by atoms with Crippen molar-refractivity contribution in [2.45, 2.75) is 35.5 Å². The van der Waals surface area contributed by atoms with Gasteiger partial charge in [-0.3, -0.25) is 4.98 Å². The molecule has 0 bridgehead atoms. The molecule has 12 heteroatoms. The number of amidine groups is 1. The van der Waals surface area contributed by atoms with Crippen LogP contribution in [0, 0.1) is 0 Å². The van der Waals surface area contributed by atoms with Gasteiger partial charge in [0.05, 0.1) is 10.6 Å². The van der Waals surface area contributed by atoms with Gasteiger partial charge in [0.15, 0.2) is 22.3 Å². The molecule has 4 N–H and O–H groups in total. The molecule has 2 aromatic rings. The quantitative estimate of drug-likeness (QED) is 0.652. The molecular formula is C19H22N6O4S2. The third kappa shape index (κ3) is 4.03. The molecule has 10 nitrogen and oxygen atoms in total. The Kier molecular flexibility index (Phi) is 5.73. The van der Waals surface area contributed by atoms with Crippen LogP contribution >= 0.6 is 0 Å². The average molecular weight is 463 g/mol. The molecule has 0 fully saturated rings. The molecule has 1 aliphatic carbocycles.